The smallest absolute Gasteiger partial charge is 0.219 e. The van der Waals surface area contributed by atoms with Crippen molar-refractivity contribution < 1.29 is 4.74 Å². The van der Waals surface area contributed by atoms with E-state index in [0.717, 1.165) is 23.1 Å². The predicted octanol–water partition coefficient (Wildman–Crippen LogP) is 4.59. The van der Waals surface area contributed by atoms with E-state index in [2.05, 4.69) is 24.0 Å². The third-order valence-corrected chi connectivity index (χ3v) is 3.10. The Bertz CT molecular complexity index is 706. The molecule has 0 N–H and O–H groups in total. The van der Waals surface area contributed by atoms with Crippen LogP contribution in [0.1, 0.15) is 12.5 Å². The third-order valence-electron chi connectivity index (χ3n) is 3.10. The van der Waals surface area contributed by atoms with E-state index < -0.39 is 0 Å². The molecule has 0 saturated heterocycles. The standard InChI is InChI=1S/C17H15NO/c1-2-13-6-5-8-15(12-13)19-17-11-10-14-7-3-4-9-16(14)18-17/h3-12H,2H2,1H3. The number of aryl methyl sites for hydroxylation is 1. The first-order valence-electron chi connectivity index (χ1n) is 6.48. The quantitative estimate of drug-likeness (QED) is 0.677. The number of ether oxygens (including phenoxy) is 1. The molecule has 0 radical (unpaired) electrons. The molecule has 3 aromatic rings. The highest BCUT2D eigenvalue weighted by molar-refractivity contribution is 5.78. The van der Waals surface area contributed by atoms with Crippen LogP contribution < -0.4 is 4.74 Å². The summed E-state index contributed by atoms with van der Waals surface area (Å²) < 4.78 is 5.82. The van der Waals surface area contributed by atoms with E-state index in [4.69, 9.17) is 4.74 Å². The lowest BCUT2D eigenvalue weighted by atomic mass is 10.2. The molecule has 0 aliphatic rings. The molecule has 3 rings (SSSR count). The van der Waals surface area contributed by atoms with Crippen molar-refractivity contribution >= 4 is 10.9 Å². The molecule has 19 heavy (non-hydrogen) atoms. The molecule has 1 heterocycles. The van der Waals surface area contributed by atoms with Gasteiger partial charge in [0.2, 0.25) is 5.88 Å². The lowest BCUT2D eigenvalue weighted by Gasteiger charge is -2.07. The number of pyridine rings is 1. The van der Waals surface area contributed by atoms with Gasteiger partial charge in [-0.2, -0.15) is 0 Å². The number of rotatable bonds is 3. The Hall–Kier alpha value is -2.35. The minimum absolute atomic E-state index is 0.631. The van der Waals surface area contributed by atoms with E-state index in [1.165, 1.54) is 5.56 Å². The largest absolute Gasteiger partial charge is 0.439 e. The molecule has 94 valence electrons. The number of benzene rings is 2. The second-order valence-corrected chi connectivity index (χ2v) is 4.45. The van der Waals surface area contributed by atoms with Crippen molar-refractivity contribution in [2.24, 2.45) is 0 Å². The van der Waals surface area contributed by atoms with Gasteiger partial charge in [-0.05, 0) is 36.2 Å². The van der Waals surface area contributed by atoms with Gasteiger partial charge in [0.15, 0.2) is 0 Å². The Kier molecular flexibility index (Phi) is 3.15. The Labute approximate surface area is 112 Å². The first-order valence-corrected chi connectivity index (χ1v) is 6.48. The zero-order chi connectivity index (χ0) is 13.1. The fourth-order valence-corrected chi connectivity index (χ4v) is 2.05. The first-order chi connectivity index (χ1) is 9.35. The van der Waals surface area contributed by atoms with Crippen molar-refractivity contribution in [3.05, 3.63) is 66.2 Å². The molecular weight excluding hydrogens is 234 g/mol. The molecular formula is C17H15NO. The van der Waals surface area contributed by atoms with Crippen molar-refractivity contribution in [1.82, 2.24) is 4.98 Å². The molecule has 0 saturated carbocycles. The Balaban J connectivity index is 1.92. The summed E-state index contributed by atoms with van der Waals surface area (Å²) >= 11 is 0. The van der Waals surface area contributed by atoms with Crippen LogP contribution in [0.25, 0.3) is 10.9 Å². The zero-order valence-corrected chi connectivity index (χ0v) is 10.8. The summed E-state index contributed by atoms with van der Waals surface area (Å²) in [6.07, 6.45) is 1.00. The van der Waals surface area contributed by atoms with E-state index in [1.807, 2.05) is 48.5 Å². The molecule has 0 bridgehead atoms. The monoisotopic (exact) mass is 249 g/mol. The van der Waals surface area contributed by atoms with Gasteiger partial charge in [-0.1, -0.05) is 37.3 Å². The maximum Gasteiger partial charge on any atom is 0.219 e. The maximum absolute atomic E-state index is 5.82. The van der Waals surface area contributed by atoms with E-state index in [-0.39, 0.29) is 0 Å². The Morgan fingerprint density at radius 3 is 2.74 bits per heavy atom. The van der Waals surface area contributed by atoms with E-state index in [1.54, 1.807) is 0 Å². The van der Waals surface area contributed by atoms with Crippen LogP contribution in [0.15, 0.2) is 60.7 Å². The molecule has 0 spiro atoms. The fraction of sp³-hybridized carbons (Fsp3) is 0.118. The molecule has 0 fully saturated rings. The molecule has 2 heteroatoms. The van der Waals surface area contributed by atoms with Crippen molar-refractivity contribution in [3.63, 3.8) is 0 Å². The van der Waals surface area contributed by atoms with E-state index >= 15 is 0 Å². The normalized spacial score (nSPS) is 10.6. The van der Waals surface area contributed by atoms with Crippen LogP contribution in [0.4, 0.5) is 0 Å². The van der Waals surface area contributed by atoms with Crippen LogP contribution in [-0.4, -0.2) is 4.98 Å². The molecule has 0 aliphatic heterocycles. The molecule has 0 aliphatic carbocycles. The van der Waals surface area contributed by atoms with E-state index in [9.17, 15) is 0 Å². The molecule has 0 atom stereocenters. The minimum atomic E-state index is 0.631. The van der Waals surface area contributed by atoms with Crippen LogP contribution in [0.2, 0.25) is 0 Å². The van der Waals surface area contributed by atoms with Crippen molar-refractivity contribution in [2.75, 3.05) is 0 Å². The van der Waals surface area contributed by atoms with Gasteiger partial charge in [0.1, 0.15) is 5.75 Å². The highest BCUT2D eigenvalue weighted by Crippen LogP contribution is 2.23. The van der Waals surface area contributed by atoms with Crippen LogP contribution in [0.5, 0.6) is 11.6 Å². The van der Waals surface area contributed by atoms with Gasteiger partial charge in [-0.3, -0.25) is 0 Å². The predicted molar refractivity (Wildman–Crippen MR) is 77.6 cm³/mol. The first kappa shape index (κ1) is 11.7. The number of para-hydroxylation sites is 1. The van der Waals surface area contributed by atoms with Gasteiger partial charge in [0.05, 0.1) is 5.52 Å². The van der Waals surface area contributed by atoms with Crippen LogP contribution in [0, 0.1) is 0 Å². The summed E-state index contributed by atoms with van der Waals surface area (Å²) in [4.78, 5) is 4.50. The lowest BCUT2D eigenvalue weighted by molar-refractivity contribution is 0.464. The number of fused-ring (bicyclic) bond motifs is 1. The molecule has 0 unspecified atom stereocenters. The SMILES string of the molecule is CCc1cccc(Oc2ccc3ccccc3n2)c1. The summed E-state index contributed by atoms with van der Waals surface area (Å²) in [5.41, 5.74) is 2.21. The van der Waals surface area contributed by atoms with Crippen LogP contribution >= 0.6 is 0 Å². The number of hydrogen-bond acceptors (Lipinski definition) is 2. The Morgan fingerprint density at radius 2 is 1.84 bits per heavy atom. The summed E-state index contributed by atoms with van der Waals surface area (Å²) in [6.45, 7) is 2.13. The summed E-state index contributed by atoms with van der Waals surface area (Å²) in [7, 11) is 0. The van der Waals surface area contributed by atoms with Gasteiger partial charge in [-0.15, -0.1) is 0 Å². The summed E-state index contributed by atoms with van der Waals surface area (Å²) in [6, 6.07) is 20.1. The van der Waals surface area contributed by atoms with Crippen molar-refractivity contribution in [1.29, 1.82) is 0 Å². The lowest BCUT2D eigenvalue weighted by Crippen LogP contribution is -1.89. The molecule has 1 aromatic heterocycles. The number of hydrogen-bond donors (Lipinski definition) is 0. The number of nitrogens with zero attached hydrogens (tertiary/aromatic N) is 1. The molecule has 2 nitrogen and oxygen atoms in total. The zero-order valence-electron chi connectivity index (χ0n) is 10.8. The average Bonchev–Trinajstić information content (AvgIpc) is 2.47. The second-order valence-electron chi connectivity index (χ2n) is 4.45. The topological polar surface area (TPSA) is 22.1 Å². The molecule has 0 amide bonds. The second kappa shape index (κ2) is 5.11. The van der Waals surface area contributed by atoms with Crippen LogP contribution in [-0.2, 0) is 6.42 Å². The van der Waals surface area contributed by atoms with Crippen molar-refractivity contribution in [2.45, 2.75) is 13.3 Å². The molecule has 2 aromatic carbocycles. The highest BCUT2D eigenvalue weighted by Gasteiger charge is 2.01. The van der Waals surface area contributed by atoms with E-state index in [0.29, 0.717) is 5.88 Å². The Morgan fingerprint density at radius 1 is 0.947 bits per heavy atom. The maximum atomic E-state index is 5.82. The van der Waals surface area contributed by atoms with Gasteiger partial charge in [-0.25, -0.2) is 4.98 Å². The van der Waals surface area contributed by atoms with Gasteiger partial charge >= 0.3 is 0 Å². The fourth-order valence-electron chi connectivity index (χ4n) is 2.05. The van der Waals surface area contributed by atoms with Gasteiger partial charge < -0.3 is 4.74 Å². The average molecular weight is 249 g/mol. The highest BCUT2D eigenvalue weighted by atomic mass is 16.5. The van der Waals surface area contributed by atoms with Gasteiger partial charge in [0.25, 0.3) is 0 Å². The summed E-state index contributed by atoms with van der Waals surface area (Å²) in [5, 5.41) is 1.12. The third kappa shape index (κ3) is 2.58. The van der Waals surface area contributed by atoms with Crippen molar-refractivity contribution in [3.8, 4) is 11.6 Å². The summed E-state index contributed by atoms with van der Waals surface area (Å²) in [5.74, 6) is 1.47. The van der Waals surface area contributed by atoms with Gasteiger partial charge in [0, 0.05) is 11.5 Å². The minimum Gasteiger partial charge on any atom is -0.439 e. The van der Waals surface area contributed by atoms with Crippen LogP contribution in [0.3, 0.4) is 0 Å². The number of aromatic nitrogens is 1.